The number of amides is 1. The van der Waals surface area contributed by atoms with E-state index >= 15 is 0 Å². The number of aryl methyl sites for hydroxylation is 1. The number of halogens is 2. The quantitative estimate of drug-likeness (QED) is 0.424. The second kappa shape index (κ2) is 8.31. The SMILES string of the molecule is Cc1nnnn1-c1ccc(F)c(NC(=O)c2nc(-c3cccs3)n(-c3cccc(F)c3)n2)c1. The lowest BCUT2D eigenvalue weighted by Gasteiger charge is -2.07. The Hall–Kier alpha value is -4.32. The van der Waals surface area contributed by atoms with Crippen LogP contribution in [0, 0.1) is 18.6 Å². The van der Waals surface area contributed by atoms with E-state index in [1.165, 1.54) is 57.1 Å². The largest absolute Gasteiger partial charge is 0.317 e. The summed E-state index contributed by atoms with van der Waals surface area (Å²) in [6.45, 7) is 1.69. The molecule has 0 aliphatic carbocycles. The van der Waals surface area contributed by atoms with Crippen LogP contribution in [0.4, 0.5) is 14.5 Å². The lowest BCUT2D eigenvalue weighted by Crippen LogP contribution is -2.16. The molecule has 0 radical (unpaired) electrons. The van der Waals surface area contributed by atoms with Crippen molar-refractivity contribution in [1.29, 1.82) is 0 Å². The lowest BCUT2D eigenvalue weighted by atomic mass is 10.2. The summed E-state index contributed by atoms with van der Waals surface area (Å²) in [7, 11) is 0. The van der Waals surface area contributed by atoms with Gasteiger partial charge in [-0.15, -0.1) is 21.5 Å². The summed E-state index contributed by atoms with van der Waals surface area (Å²) >= 11 is 1.39. The predicted molar refractivity (Wildman–Crippen MR) is 116 cm³/mol. The van der Waals surface area contributed by atoms with E-state index in [0.717, 1.165) is 4.88 Å². The van der Waals surface area contributed by atoms with Crippen molar-refractivity contribution < 1.29 is 13.6 Å². The van der Waals surface area contributed by atoms with E-state index in [-0.39, 0.29) is 11.5 Å². The molecule has 3 heterocycles. The molecule has 0 saturated heterocycles. The molecule has 9 nitrogen and oxygen atoms in total. The molecular weight excluding hydrogens is 450 g/mol. The molecule has 1 amide bonds. The highest BCUT2D eigenvalue weighted by Crippen LogP contribution is 2.26. The number of rotatable bonds is 5. The van der Waals surface area contributed by atoms with Gasteiger partial charge in [0.2, 0.25) is 5.82 Å². The number of nitrogens with zero attached hydrogens (tertiary/aromatic N) is 7. The lowest BCUT2D eigenvalue weighted by molar-refractivity contribution is 0.101. The highest BCUT2D eigenvalue weighted by molar-refractivity contribution is 7.13. The molecule has 5 aromatic rings. The van der Waals surface area contributed by atoms with Gasteiger partial charge in [-0.2, -0.15) is 4.68 Å². The van der Waals surface area contributed by atoms with Gasteiger partial charge in [0.15, 0.2) is 11.6 Å². The normalized spacial score (nSPS) is 11.0. The first-order chi connectivity index (χ1) is 16.0. The summed E-state index contributed by atoms with van der Waals surface area (Å²) in [5.41, 5.74) is 0.770. The number of nitrogens with one attached hydrogen (secondary N) is 1. The number of carbonyl (C=O) groups excluding carboxylic acids is 1. The molecule has 0 saturated carbocycles. The van der Waals surface area contributed by atoms with Crippen LogP contribution in [0.1, 0.15) is 16.4 Å². The number of anilines is 1. The molecule has 164 valence electrons. The zero-order valence-corrected chi connectivity index (χ0v) is 17.8. The van der Waals surface area contributed by atoms with Crippen molar-refractivity contribution in [2.75, 3.05) is 5.32 Å². The van der Waals surface area contributed by atoms with Crippen molar-refractivity contribution in [3.05, 3.63) is 83.3 Å². The van der Waals surface area contributed by atoms with Crippen LogP contribution in [-0.4, -0.2) is 40.9 Å². The second-order valence-corrected chi connectivity index (χ2v) is 7.83. The molecule has 0 aliphatic rings. The monoisotopic (exact) mass is 464 g/mol. The Morgan fingerprint density at radius 2 is 1.88 bits per heavy atom. The maximum atomic E-state index is 14.4. The Morgan fingerprint density at radius 3 is 2.61 bits per heavy atom. The summed E-state index contributed by atoms with van der Waals surface area (Å²) in [5, 5.41) is 19.8. The van der Waals surface area contributed by atoms with E-state index in [9.17, 15) is 13.6 Å². The second-order valence-electron chi connectivity index (χ2n) is 6.88. The van der Waals surface area contributed by atoms with Crippen LogP contribution < -0.4 is 5.32 Å². The summed E-state index contributed by atoms with van der Waals surface area (Å²) < 4.78 is 31.0. The average molecular weight is 464 g/mol. The molecular formula is C21H14F2N8OS. The number of thiophene rings is 1. The first-order valence-corrected chi connectivity index (χ1v) is 10.5. The Balaban J connectivity index is 1.51. The van der Waals surface area contributed by atoms with Gasteiger partial charge in [0.25, 0.3) is 5.91 Å². The summed E-state index contributed by atoms with van der Waals surface area (Å²) in [5.74, 6) is -1.18. The summed E-state index contributed by atoms with van der Waals surface area (Å²) in [6.07, 6.45) is 0. The van der Waals surface area contributed by atoms with E-state index in [1.807, 2.05) is 17.5 Å². The van der Waals surface area contributed by atoms with Crippen molar-refractivity contribution >= 4 is 22.9 Å². The van der Waals surface area contributed by atoms with Crippen molar-refractivity contribution in [3.63, 3.8) is 0 Å². The first kappa shape index (κ1) is 20.6. The Bertz CT molecular complexity index is 1460. The molecule has 1 N–H and O–H groups in total. The fourth-order valence-corrected chi connectivity index (χ4v) is 3.85. The van der Waals surface area contributed by atoms with Crippen LogP contribution in [0.5, 0.6) is 0 Å². The average Bonchev–Trinajstić information content (AvgIpc) is 3.55. The Kier molecular flexibility index (Phi) is 5.18. The molecule has 2 aromatic carbocycles. The molecule has 33 heavy (non-hydrogen) atoms. The van der Waals surface area contributed by atoms with E-state index in [0.29, 0.717) is 23.0 Å². The maximum Gasteiger partial charge on any atom is 0.295 e. The highest BCUT2D eigenvalue weighted by atomic mass is 32.1. The zero-order chi connectivity index (χ0) is 22.9. The van der Waals surface area contributed by atoms with Crippen LogP contribution in [0.15, 0.2) is 60.0 Å². The number of carbonyl (C=O) groups is 1. The third kappa shape index (κ3) is 3.99. The van der Waals surface area contributed by atoms with Crippen molar-refractivity contribution in [1.82, 2.24) is 35.0 Å². The molecule has 5 rings (SSSR count). The standard InChI is InChI=1S/C21H14F2N8OS/c1-12-26-28-29-30(12)15-7-8-16(23)17(11-15)24-21(32)19-25-20(18-6-3-9-33-18)31(27-19)14-5-2-4-13(22)10-14/h2-11H,1H3,(H,24,32). The van der Waals surface area contributed by atoms with Gasteiger partial charge in [0.1, 0.15) is 11.6 Å². The van der Waals surface area contributed by atoms with Gasteiger partial charge < -0.3 is 5.32 Å². The Morgan fingerprint density at radius 1 is 1.03 bits per heavy atom. The van der Waals surface area contributed by atoms with Crippen LogP contribution >= 0.6 is 11.3 Å². The highest BCUT2D eigenvalue weighted by Gasteiger charge is 2.21. The van der Waals surface area contributed by atoms with Gasteiger partial charge in [-0.3, -0.25) is 4.79 Å². The van der Waals surface area contributed by atoms with E-state index < -0.39 is 17.5 Å². The molecule has 12 heteroatoms. The predicted octanol–water partition coefficient (Wildman–Crippen LogP) is 3.81. The van der Waals surface area contributed by atoms with Gasteiger partial charge in [-0.05, 0) is 65.2 Å². The Labute approximate surface area is 189 Å². The minimum Gasteiger partial charge on any atom is -0.317 e. The van der Waals surface area contributed by atoms with Gasteiger partial charge in [-0.25, -0.2) is 18.4 Å². The van der Waals surface area contributed by atoms with Gasteiger partial charge in [0, 0.05) is 0 Å². The fraction of sp³-hybridized carbons (Fsp3) is 0.0476. The third-order valence-electron chi connectivity index (χ3n) is 4.67. The smallest absolute Gasteiger partial charge is 0.295 e. The minimum atomic E-state index is -0.729. The van der Waals surface area contributed by atoms with Crippen LogP contribution in [0.2, 0.25) is 0 Å². The minimum absolute atomic E-state index is 0.0906. The molecule has 3 aromatic heterocycles. The van der Waals surface area contributed by atoms with Crippen LogP contribution in [0.3, 0.4) is 0 Å². The number of aromatic nitrogens is 7. The maximum absolute atomic E-state index is 14.4. The van der Waals surface area contributed by atoms with Gasteiger partial charge in [-0.1, -0.05) is 12.1 Å². The van der Waals surface area contributed by atoms with Gasteiger partial charge >= 0.3 is 0 Å². The van der Waals surface area contributed by atoms with Crippen LogP contribution in [0.25, 0.3) is 22.1 Å². The molecule has 0 spiro atoms. The zero-order valence-electron chi connectivity index (χ0n) is 17.0. The van der Waals surface area contributed by atoms with Crippen molar-refractivity contribution in [2.45, 2.75) is 6.92 Å². The molecule has 0 unspecified atom stereocenters. The summed E-state index contributed by atoms with van der Waals surface area (Å²) in [6, 6.07) is 13.5. The number of hydrogen-bond acceptors (Lipinski definition) is 7. The topological polar surface area (TPSA) is 103 Å². The van der Waals surface area contributed by atoms with Crippen molar-refractivity contribution in [3.8, 4) is 22.1 Å². The first-order valence-electron chi connectivity index (χ1n) is 9.63. The molecule has 0 bridgehead atoms. The van der Waals surface area contributed by atoms with Crippen LogP contribution in [-0.2, 0) is 0 Å². The third-order valence-corrected chi connectivity index (χ3v) is 5.54. The molecule has 0 atom stereocenters. The molecule has 0 fully saturated rings. The van der Waals surface area contributed by atoms with Gasteiger partial charge in [0.05, 0.1) is 21.9 Å². The number of benzene rings is 2. The van der Waals surface area contributed by atoms with E-state index in [2.05, 4.69) is 30.9 Å². The fourth-order valence-electron chi connectivity index (χ4n) is 3.15. The summed E-state index contributed by atoms with van der Waals surface area (Å²) in [4.78, 5) is 18.0. The number of tetrazole rings is 1. The molecule has 0 aliphatic heterocycles. The van der Waals surface area contributed by atoms with E-state index in [4.69, 9.17) is 0 Å². The van der Waals surface area contributed by atoms with E-state index in [1.54, 1.807) is 13.0 Å². The van der Waals surface area contributed by atoms with Crippen molar-refractivity contribution in [2.24, 2.45) is 0 Å². The number of hydrogen-bond donors (Lipinski definition) is 1.